The predicted molar refractivity (Wildman–Crippen MR) is 116 cm³/mol. The van der Waals surface area contributed by atoms with Crippen LogP contribution in [0, 0.1) is 6.92 Å². The molecule has 0 unspecified atom stereocenters. The Hall–Kier alpha value is -3.31. The van der Waals surface area contributed by atoms with E-state index in [0.717, 1.165) is 29.5 Å². The molecule has 0 spiro atoms. The number of carbonyl (C=O) groups excluding carboxylic acids is 1. The molecule has 5 nitrogen and oxygen atoms in total. The molecular formula is C24H20ClN2O3-. The molecule has 0 atom stereocenters. The van der Waals surface area contributed by atoms with Crippen molar-refractivity contribution in [2.45, 2.75) is 26.7 Å². The Morgan fingerprint density at radius 2 is 1.90 bits per heavy atom. The number of nitrogens with zero attached hydrogens (tertiary/aromatic N) is 1. The summed E-state index contributed by atoms with van der Waals surface area (Å²) in [6.07, 6.45) is 2.15. The van der Waals surface area contributed by atoms with Gasteiger partial charge < -0.3 is 19.6 Å². The lowest BCUT2D eigenvalue weighted by Crippen LogP contribution is -2.23. The van der Waals surface area contributed by atoms with Gasteiger partial charge in [-0.15, -0.1) is 0 Å². The third kappa shape index (κ3) is 4.02. The fourth-order valence-corrected chi connectivity index (χ4v) is 3.69. The van der Waals surface area contributed by atoms with Crippen molar-refractivity contribution >= 4 is 28.6 Å². The third-order valence-corrected chi connectivity index (χ3v) is 5.31. The van der Waals surface area contributed by atoms with E-state index in [1.165, 1.54) is 11.6 Å². The second-order valence-corrected chi connectivity index (χ2v) is 7.61. The van der Waals surface area contributed by atoms with Crippen molar-refractivity contribution in [3.8, 4) is 22.9 Å². The fraction of sp³-hybridized carbons (Fsp3) is 0.167. The Balaban J connectivity index is 1.65. The molecule has 0 saturated carbocycles. The Morgan fingerprint density at radius 1 is 1.13 bits per heavy atom. The summed E-state index contributed by atoms with van der Waals surface area (Å²) in [5, 5.41) is 11.8. The first kappa shape index (κ1) is 20.0. The fourth-order valence-electron chi connectivity index (χ4n) is 3.41. The van der Waals surface area contributed by atoms with E-state index in [2.05, 4.69) is 41.2 Å². The van der Waals surface area contributed by atoms with Gasteiger partial charge >= 0.3 is 0 Å². The number of aromatic nitrogens is 2. The topological polar surface area (TPSA) is 78.0 Å². The molecule has 30 heavy (non-hydrogen) atoms. The lowest BCUT2D eigenvalue weighted by Gasteiger charge is -2.09. The first-order valence-corrected chi connectivity index (χ1v) is 10.1. The first-order chi connectivity index (χ1) is 14.4. The summed E-state index contributed by atoms with van der Waals surface area (Å²) in [7, 11) is 0. The number of benzene rings is 3. The number of carboxylic acids is 1. The summed E-state index contributed by atoms with van der Waals surface area (Å²) in [4.78, 5) is 18.8. The number of carboxylic acid groups (broad SMARTS) is 1. The van der Waals surface area contributed by atoms with Crippen LogP contribution in [0.5, 0.6) is 11.8 Å². The van der Waals surface area contributed by atoms with Crippen molar-refractivity contribution in [1.29, 1.82) is 0 Å². The molecule has 0 amide bonds. The van der Waals surface area contributed by atoms with Gasteiger partial charge in [0, 0.05) is 11.1 Å². The van der Waals surface area contributed by atoms with E-state index >= 15 is 0 Å². The molecule has 152 valence electrons. The number of hydrogen-bond acceptors (Lipinski definition) is 4. The Labute approximate surface area is 179 Å². The SMILES string of the molecule is CCCc1ccc(-c2cc3nc(Oc4ccc(C)c(C(=O)[O-])c4)[nH]c3cc2Cl)cc1. The van der Waals surface area contributed by atoms with Gasteiger partial charge in [-0.05, 0) is 54.3 Å². The second-order valence-electron chi connectivity index (χ2n) is 7.20. The summed E-state index contributed by atoms with van der Waals surface area (Å²) in [6.45, 7) is 3.86. The highest BCUT2D eigenvalue weighted by molar-refractivity contribution is 6.34. The molecule has 0 bridgehead atoms. The van der Waals surface area contributed by atoms with E-state index in [9.17, 15) is 9.90 Å². The zero-order chi connectivity index (χ0) is 21.3. The zero-order valence-corrected chi connectivity index (χ0v) is 17.4. The van der Waals surface area contributed by atoms with Crippen molar-refractivity contribution in [3.05, 3.63) is 76.3 Å². The van der Waals surface area contributed by atoms with Gasteiger partial charge in [-0.3, -0.25) is 0 Å². The molecule has 4 rings (SSSR count). The smallest absolute Gasteiger partial charge is 0.300 e. The monoisotopic (exact) mass is 419 g/mol. The largest absolute Gasteiger partial charge is 0.545 e. The predicted octanol–water partition coefficient (Wildman–Crippen LogP) is 5.30. The standard InChI is InChI=1S/C24H21ClN2O3/c1-3-4-15-6-8-16(9-7-15)19-12-21-22(13-20(19)25)27-24(26-21)30-17-10-5-14(2)18(11-17)23(28)29/h5-13H,3-4H2,1-2H3,(H,26,27)(H,28,29)/p-1. The zero-order valence-electron chi connectivity index (χ0n) is 16.7. The highest BCUT2D eigenvalue weighted by atomic mass is 35.5. The number of ether oxygens (including phenoxy) is 1. The number of aromatic amines is 1. The average molecular weight is 420 g/mol. The van der Waals surface area contributed by atoms with Crippen LogP contribution in [0.2, 0.25) is 5.02 Å². The molecule has 1 heterocycles. The van der Waals surface area contributed by atoms with Crippen molar-refractivity contribution in [2.24, 2.45) is 0 Å². The van der Waals surface area contributed by atoms with Crippen LogP contribution in [0.15, 0.2) is 54.6 Å². The number of carbonyl (C=O) groups is 1. The van der Waals surface area contributed by atoms with Crippen LogP contribution >= 0.6 is 11.6 Å². The van der Waals surface area contributed by atoms with Gasteiger partial charge in [0.05, 0.1) is 22.0 Å². The van der Waals surface area contributed by atoms with Gasteiger partial charge in [0.1, 0.15) is 5.75 Å². The summed E-state index contributed by atoms with van der Waals surface area (Å²) in [6, 6.07) is 17.1. The Kier molecular flexibility index (Phi) is 5.46. The van der Waals surface area contributed by atoms with E-state index in [1.54, 1.807) is 19.1 Å². The van der Waals surface area contributed by atoms with Crippen LogP contribution in [0.25, 0.3) is 22.2 Å². The summed E-state index contributed by atoms with van der Waals surface area (Å²) >= 11 is 6.52. The Morgan fingerprint density at radius 3 is 2.60 bits per heavy atom. The number of nitrogens with one attached hydrogen (secondary N) is 1. The van der Waals surface area contributed by atoms with Gasteiger partial charge in [0.15, 0.2) is 0 Å². The minimum atomic E-state index is -1.25. The minimum absolute atomic E-state index is 0.0838. The van der Waals surface area contributed by atoms with Gasteiger partial charge in [0.25, 0.3) is 6.01 Å². The van der Waals surface area contributed by atoms with Crippen molar-refractivity contribution in [1.82, 2.24) is 9.97 Å². The van der Waals surface area contributed by atoms with Crippen LogP contribution in [0.3, 0.4) is 0 Å². The molecule has 0 fully saturated rings. The molecule has 0 saturated heterocycles. The van der Waals surface area contributed by atoms with Crippen molar-refractivity contribution in [2.75, 3.05) is 0 Å². The van der Waals surface area contributed by atoms with Gasteiger partial charge in [-0.2, -0.15) is 4.98 Å². The number of imidazole rings is 1. The van der Waals surface area contributed by atoms with E-state index < -0.39 is 5.97 Å². The van der Waals surface area contributed by atoms with Crippen LogP contribution in [0.1, 0.15) is 34.8 Å². The molecule has 0 radical (unpaired) electrons. The van der Waals surface area contributed by atoms with Crippen LogP contribution in [-0.2, 0) is 6.42 Å². The molecule has 4 aromatic rings. The summed E-state index contributed by atoms with van der Waals surface area (Å²) < 4.78 is 5.74. The van der Waals surface area contributed by atoms with Crippen molar-refractivity contribution in [3.63, 3.8) is 0 Å². The highest BCUT2D eigenvalue weighted by Gasteiger charge is 2.12. The molecule has 1 N–H and O–H groups in total. The van der Waals surface area contributed by atoms with Gasteiger partial charge in [-0.25, -0.2) is 0 Å². The van der Waals surface area contributed by atoms with Gasteiger partial charge in [-0.1, -0.05) is 55.3 Å². The molecule has 0 aliphatic carbocycles. The Bertz CT molecular complexity index is 1230. The number of fused-ring (bicyclic) bond motifs is 1. The number of hydrogen-bond donors (Lipinski definition) is 1. The summed E-state index contributed by atoms with van der Waals surface area (Å²) in [5.41, 5.74) is 5.32. The number of H-pyrrole nitrogens is 1. The normalized spacial score (nSPS) is 11.0. The van der Waals surface area contributed by atoms with E-state index in [1.807, 2.05) is 12.1 Å². The summed E-state index contributed by atoms with van der Waals surface area (Å²) in [5.74, 6) is -0.888. The highest BCUT2D eigenvalue weighted by Crippen LogP contribution is 2.33. The number of aryl methyl sites for hydroxylation is 2. The molecule has 0 aliphatic rings. The second kappa shape index (κ2) is 8.20. The molecular weight excluding hydrogens is 400 g/mol. The average Bonchev–Trinajstić information content (AvgIpc) is 3.10. The maximum absolute atomic E-state index is 11.2. The lowest BCUT2D eigenvalue weighted by atomic mass is 10.0. The molecule has 6 heteroatoms. The first-order valence-electron chi connectivity index (χ1n) is 9.73. The quantitative estimate of drug-likeness (QED) is 0.460. The number of halogens is 1. The van der Waals surface area contributed by atoms with Crippen LogP contribution in [-0.4, -0.2) is 15.9 Å². The maximum Gasteiger partial charge on any atom is 0.300 e. The lowest BCUT2D eigenvalue weighted by molar-refractivity contribution is -0.255. The van der Waals surface area contributed by atoms with Crippen LogP contribution in [0.4, 0.5) is 0 Å². The van der Waals surface area contributed by atoms with Crippen molar-refractivity contribution < 1.29 is 14.6 Å². The number of aromatic carboxylic acids is 1. The van der Waals surface area contributed by atoms with E-state index in [4.69, 9.17) is 16.3 Å². The van der Waals surface area contributed by atoms with E-state index in [0.29, 0.717) is 21.9 Å². The molecule has 1 aromatic heterocycles. The maximum atomic E-state index is 11.2. The molecule has 3 aromatic carbocycles. The number of rotatable bonds is 6. The molecule has 0 aliphatic heterocycles. The van der Waals surface area contributed by atoms with Crippen LogP contribution < -0.4 is 9.84 Å². The minimum Gasteiger partial charge on any atom is -0.545 e. The van der Waals surface area contributed by atoms with E-state index in [-0.39, 0.29) is 11.6 Å². The van der Waals surface area contributed by atoms with Gasteiger partial charge in [0.2, 0.25) is 0 Å². The third-order valence-electron chi connectivity index (χ3n) is 5.00.